The van der Waals surface area contributed by atoms with Crippen LogP contribution in [0.15, 0.2) is 53.4 Å². The number of nitrogens with zero attached hydrogens (tertiary/aromatic N) is 2. The van der Waals surface area contributed by atoms with Gasteiger partial charge < -0.3 is 4.90 Å². The van der Waals surface area contributed by atoms with Gasteiger partial charge in [-0.25, -0.2) is 12.7 Å². The summed E-state index contributed by atoms with van der Waals surface area (Å²) in [6.45, 7) is 2.70. The molecule has 0 aliphatic carbocycles. The van der Waals surface area contributed by atoms with Gasteiger partial charge in [0.05, 0.1) is 4.90 Å². The lowest BCUT2D eigenvalue weighted by atomic mass is 10.00. The molecule has 0 spiro atoms. The van der Waals surface area contributed by atoms with E-state index in [0.717, 1.165) is 43.4 Å². The number of anilines is 1. The maximum atomic E-state index is 13.1. The number of nitrogens with one attached hydrogen (secondary N) is 2. The molecule has 0 radical (unpaired) electrons. The molecule has 7 nitrogen and oxygen atoms in total. The number of fused-ring (bicyclic) bond motifs is 1. The molecule has 0 bridgehead atoms. The fraction of sp³-hybridized carbons (Fsp3) is 0.458. The first-order valence-corrected chi connectivity index (χ1v) is 12.7. The number of benzene rings is 2. The molecule has 8 heteroatoms. The number of hydrogen-bond donors (Lipinski definition) is 2. The maximum Gasteiger partial charge on any atom is 0.242 e. The second-order valence-electron chi connectivity index (χ2n) is 8.72. The van der Waals surface area contributed by atoms with Crippen molar-refractivity contribution < 1.29 is 13.2 Å². The Morgan fingerprint density at radius 2 is 1.94 bits per heavy atom. The predicted molar refractivity (Wildman–Crippen MR) is 126 cm³/mol. The second-order valence-corrected chi connectivity index (χ2v) is 10.8. The Morgan fingerprint density at radius 3 is 2.69 bits per heavy atom. The number of hydrogen-bond acceptors (Lipinski definition) is 5. The molecule has 2 aromatic carbocycles. The largest absolute Gasteiger partial charge is 0.312 e. The van der Waals surface area contributed by atoms with E-state index >= 15 is 0 Å². The molecule has 2 heterocycles. The molecule has 2 unspecified atom stereocenters. The van der Waals surface area contributed by atoms with Crippen LogP contribution in [0.1, 0.15) is 49.8 Å². The van der Waals surface area contributed by atoms with Crippen molar-refractivity contribution >= 4 is 21.6 Å². The minimum atomic E-state index is -3.57. The van der Waals surface area contributed by atoms with Crippen LogP contribution in [0, 0.1) is 0 Å². The van der Waals surface area contributed by atoms with Gasteiger partial charge in [-0.2, -0.15) is 0 Å². The van der Waals surface area contributed by atoms with Crippen LogP contribution < -0.4 is 15.8 Å². The van der Waals surface area contributed by atoms with E-state index in [1.165, 1.54) is 9.87 Å². The average molecular weight is 457 g/mol. The molecule has 2 aromatic rings. The summed E-state index contributed by atoms with van der Waals surface area (Å²) in [4.78, 5) is 13.9. The Kier molecular flexibility index (Phi) is 6.95. The molecule has 1 amide bonds. The van der Waals surface area contributed by atoms with Gasteiger partial charge in [-0.3, -0.25) is 15.6 Å². The number of hydrazine groups is 1. The van der Waals surface area contributed by atoms with Crippen molar-refractivity contribution in [1.82, 2.24) is 15.2 Å². The monoisotopic (exact) mass is 456 g/mol. The topological polar surface area (TPSA) is 81.8 Å². The van der Waals surface area contributed by atoms with Crippen LogP contribution in [-0.4, -0.2) is 44.8 Å². The van der Waals surface area contributed by atoms with Crippen molar-refractivity contribution in [2.75, 3.05) is 25.0 Å². The zero-order valence-electron chi connectivity index (χ0n) is 18.8. The predicted octanol–water partition coefficient (Wildman–Crippen LogP) is 2.99. The molecule has 32 heavy (non-hydrogen) atoms. The van der Waals surface area contributed by atoms with Crippen LogP contribution in [0.4, 0.5) is 5.69 Å². The van der Waals surface area contributed by atoms with Crippen LogP contribution >= 0.6 is 0 Å². The molecule has 2 aliphatic heterocycles. The second kappa shape index (κ2) is 9.70. The third kappa shape index (κ3) is 4.88. The van der Waals surface area contributed by atoms with Crippen LogP contribution in [-0.2, 0) is 21.2 Å². The first-order chi connectivity index (χ1) is 15.4. The third-order valence-corrected chi connectivity index (χ3v) is 8.32. The van der Waals surface area contributed by atoms with Gasteiger partial charge in [0.15, 0.2) is 0 Å². The van der Waals surface area contributed by atoms with Crippen molar-refractivity contribution in [1.29, 1.82) is 0 Å². The van der Waals surface area contributed by atoms with Gasteiger partial charge in [-0.05, 0) is 61.4 Å². The number of aryl methyl sites for hydroxylation is 1. The molecule has 1 saturated heterocycles. The fourth-order valence-electron chi connectivity index (χ4n) is 4.64. The van der Waals surface area contributed by atoms with E-state index in [2.05, 4.69) is 23.0 Å². The number of amides is 1. The van der Waals surface area contributed by atoms with Gasteiger partial charge >= 0.3 is 0 Å². The summed E-state index contributed by atoms with van der Waals surface area (Å²) in [6, 6.07) is 16.1. The van der Waals surface area contributed by atoms with E-state index in [0.29, 0.717) is 24.0 Å². The smallest absolute Gasteiger partial charge is 0.242 e. The van der Waals surface area contributed by atoms with E-state index < -0.39 is 10.0 Å². The Hall–Kier alpha value is -2.26. The quantitative estimate of drug-likeness (QED) is 0.669. The molecule has 0 aromatic heterocycles. The molecule has 1 fully saturated rings. The summed E-state index contributed by atoms with van der Waals surface area (Å²) in [5.74, 6) is -0.0109. The average Bonchev–Trinajstić information content (AvgIpc) is 3.27. The molecule has 2 N–H and O–H groups in total. The summed E-state index contributed by atoms with van der Waals surface area (Å²) >= 11 is 0. The van der Waals surface area contributed by atoms with Crippen LogP contribution in [0.5, 0.6) is 0 Å². The summed E-state index contributed by atoms with van der Waals surface area (Å²) in [5.41, 5.74) is 9.71. The van der Waals surface area contributed by atoms with Crippen LogP contribution in [0.2, 0.25) is 0 Å². The fourth-order valence-corrected chi connectivity index (χ4v) is 5.90. The first kappa shape index (κ1) is 22.9. The lowest BCUT2D eigenvalue weighted by molar-refractivity contribution is -0.116. The van der Waals surface area contributed by atoms with Gasteiger partial charge in [0, 0.05) is 44.8 Å². The van der Waals surface area contributed by atoms with Gasteiger partial charge in [-0.15, -0.1) is 0 Å². The summed E-state index contributed by atoms with van der Waals surface area (Å²) in [7, 11) is -1.92. The molecular formula is C24H32N4O3S. The first-order valence-electron chi connectivity index (χ1n) is 11.3. The van der Waals surface area contributed by atoms with E-state index in [-0.39, 0.29) is 11.9 Å². The Balaban J connectivity index is 1.33. The van der Waals surface area contributed by atoms with Crippen molar-refractivity contribution in [3.63, 3.8) is 0 Å². The minimum Gasteiger partial charge on any atom is -0.312 e. The number of carbonyl (C=O) groups is 1. The zero-order chi connectivity index (χ0) is 22.7. The highest BCUT2D eigenvalue weighted by Gasteiger charge is 2.27. The molecule has 0 saturated carbocycles. The lowest BCUT2D eigenvalue weighted by Gasteiger charge is -2.29. The van der Waals surface area contributed by atoms with Crippen LogP contribution in [0.3, 0.4) is 0 Å². The highest BCUT2D eigenvalue weighted by Crippen LogP contribution is 2.30. The Bertz CT molecular complexity index is 1060. The summed E-state index contributed by atoms with van der Waals surface area (Å²) < 4.78 is 27.7. The number of sulfonamides is 1. The van der Waals surface area contributed by atoms with E-state index in [4.69, 9.17) is 0 Å². The maximum absolute atomic E-state index is 13.1. The van der Waals surface area contributed by atoms with E-state index in [9.17, 15) is 13.2 Å². The van der Waals surface area contributed by atoms with Gasteiger partial charge in [0.2, 0.25) is 15.9 Å². The van der Waals surface area contributed by atoms with Crippen molar-refractivity contribution in [3.8, 4) is 0 Å². The summed E-state index contributed by atoms with van der Waals surface area (Å²) in [5, 5.41) is 0. The highest BCUT2D eigenvalue weighted by atomic mass is 32.2. The molecule has 2 aliphatic rings. The van der Waals surface area contributed by atoms with Crippen molar-refractivity contribution in [2.24, 2.45) is 0 Å². The van der Waals surface area contributed by atoms with Gasteiger partial charge in [0.1, 0.15) is 0 Å². The molecular weight excluding hydrogens is 424 g/mol. The standard InChI is InChI=1S/C24H32N4O3S/c1-18(29)28-15-6-10-20-16-22(12-13-24(20)28)32(30,31)27(2)14-7-11-21-17-23(26-25-21)19-8-4-3-5-9-19/h3-5,8-9,12-13,16,21,23,25-26H,6-7,10-11,14-15,17H2,1-2H3. The lowest BCUT2D eigenvalue weighted by Crippen LogP contribution is -2.34. The van der Waals surface area contributed by atoms with Crippen molar-refractivity contribution in [2.45, 2.75) is 56.0 Å². The Labute approximate surface area is 190 Å². The Morgan fingerprint density at radius 1 is 1.16 bits per heavy atom. The SMILES string of the molecule is CC(=O)N1CCCc2cc(S(=O)(=O)N(C)CCCC3CC(c4ccccc4)NN3)ccc21. The van der Waals surface area contributed by atoms with E-state index in [1.807, 2.05) is 18.2 Å². The normalized spacial score (nSPS) is 21.0. The van der Waals surface area contributed by atoms with E-state index in [1.54, 1.807) is 37.1 Å². The number of carbonyl (C=O) groups excluding carboxylic acids is 1. The third-order valence-electron chi connectivity index (χ3n) is 6.47. The molecule has 4 rings (SSSR count). The minimum absolute atomic E-state index is 0.0109. The number of rotatable bonds is 7. The van der Waals surface area contributed by atoms with Crippen LogP contribution in [0.25, 0.3) is 0 Å². The summed E-state index contributed by atoms with van der Waals surface area (Å²) in [6.07, 6.45) is 4.29. The van der Waals surface area contributed by atoms with Gasteiger partial charge in [-0.1, -0.05) is 30.3 Å². The molecule has 2 atom stereocenters. The highest BCUT2D eigenvalue weighted by molar-refractivity contribution is 7.89. The van der Waals surface area contributed by atoms with Gasteiger partial charge in [0.25, 0.3) is 0 Å². The van der Waals surface area contributed by atoms with Crippen molar-refractivity contribution in [3.05, 3.63) is 59.7 Å². The molecule has 172 valence electrons. The zero-order valence-corrected chi connectivity index (χ0v) is 19.6.